The summed E-state index contributed by atoms with van der Waals surface area (Å²) >= 11 is 0. The van der Waals surface area contributed by atoms with Gasteiger partial charge in [0, 0.05) is 7.05 Å². The zero-order chi connectivity index (χ0) is 11.1. The Morgan fingerprint density at radius 1 is 1.40 bits per heavy atom. The molecule has 1 rings (SSSR count). The number of nitrogens with one attached hydrogen (secondary N) is 2. The molecule has 1 aromatic rings. The number of benzene rings is 1. The van der Waals surface area contributed by atoms with Crippen molar-refractivity contribution in [2.75, 3.05) is 20.2 Å². The van der Waals surface area contributed by atoms with E-state index >= 15 is 0 Å². The van der Waals surface area contributed by atoms with Gasteiger partial charge in [-0.1, -0.05) is 30.3 Å². The number of aliphatic hydroxyl groups excluding tert-OH is 1. The zero-order valence-electron chi connectivity index (χ0n) is 8.73. The third kappa shape index (κ3) is 3.69. The van der Waals surface area contributed by atoms with Gasteiger partial charge < -0.3 is 10.4 Å². The number of carbonyl (C=O) groups is 1. The molecule has 1 aromatic carbocycles. The summed E-state index contributed by atoms with van der Waals surface area (Å²) in [6.45, 7) is 0.178. The van der Waals surface area contributed by atoms with Gasteiger partial charge in [0.1, 0.15) is 0 Å². The molecule has 4 nitrogen and oxygen atoms in total. The van der Waals surface area contributed by atoms with Gasteiger partial charge in [-0.15, -0.1) is 0 Å². The van der Waals surface area contributed by atoms with Gasteiger partial charge in [0.05, 0.1) is 19.2 Å². The summed E-state index contributed by atoms with van der Waals surface area (Å²) in [5, 5.41) is 14.7. The quantitative estimate of drug-likeness (QED) is 0.641. The zero-order valence-corrected chi connectivity index (χ0v) is 8.73. The number of carbonyl (C=O) groups excluding carboxylic acids is 1. The lowest BCUT2D eigenvalue weighted by Gasteiger charge is -2.15. The first-order valence-corrected chi connectivity index (χ1v) is 4.87. The fraction of sp³-hybridized carbons (Fsp3) is 0.364. The van der Waals surface area contributed by atoms with Crippen molar-refractivity contribution in [2.45, 2.75) is 6.04 Å². The molecule has 0 bridgehead atoms. The highest BCUT2D eigenvalue weighted by Gasteiger charge is 2.09. The molecule has 1 unspecified atom stereocenters. The van der Waals surface area contributed by atoms with Gasteiger partial charge >= 0.3 is 0 Å². The standard InChI is InChI=1S/C11H16N2O2/c1-12-11(15)7-13-10(8-14)9-5-3-2-4-6-9/h2-6,10,13-14H,7-8H2,1H3,(H,12,15). The molecule has 0 aromatic heterocycles. The molecular weight excluding hydrogens is 192 g/mol. The predicted molar refractivity (Wildman–Crippen MR) is 58.3 cm³/mol. The Labute approximate surface area is 89.3 Å². The molecule has 3 N–H and O–H groups in total. The maximum Gasteiger partial charge on any atom is 0.233 e. The minimum Gasteiger partial charge on any atom is -0.394 e. The number of aliphatic hydroxyl groups is 1. The largest absolute Gasteiger partial charge is 0.394 e. The van der Waals surface area contributed by atoms with Crippen LogP contribution in [-0.4, -0.2) is 31.2 Å². The van der Waals surface area contributed by atoms with Crippen LogP contribution in [0.1, 0.15) is 11.6 Å². The Morgan fingerprint density at radius 2 is 2.07 bits per heavy atom. The average molecular weight is 208 g/mol. The van der Waals surface area contributed by atoms with Gasteiger partial charge in [0.25, 0.3) is 0 Å². The second kappa shape index (κ2) is 6.16. The molecule has 0 aliphatic heterocycles. The van der Waals surface area contributed by atoms with Crippen LogP contribution in [-0.2, 0) is 4.79 Å². The van der Waals surface area contributed by atoms with Crippen LogP contribution in [0.15, 0.2) is 30.3 Å². The summed E-state index contributed by atoms with van der Waals surface area (Å²) in [5.41, 5.74) is 0.976. The summed E-state index contributed by atoms with van der Waals surface area (Å²) in [4.78, 5) is 11.0. The lowest BCUT2D eigenvalue weighted by atomic mass is 10.1. The Hall–Kier alpha value is -1.39. The number of hydrogen-bond acceptors (Lipinski definition) is 3. The lowest BCUT2D eigenvalue weighted by molar-refractivity contribution is -0.119. The van der Waals surface area contributed by atoms with Gasteiger partial charge in [-0.25, -0.2) is 0 Å². The van der Waals surface area contributed by atoms with Gasteiger partial charge in [0.15, 0.2) is 0 Å². The van der Waals surface area contributed by atoms with Crippen LogP contribution in [0.25, 0.3) is 0 Å². The van der Waals surface area contributed by atoms with E-state index in [1.165, 1.54) is 0 Å². The summed E-state index contributed by atoms with van der Waals surface area (Å²) in [6, 6.07) is 9.36. The van der Waals surface area contributed by atoms with Crippen molar-refractivity contribution >= 4 is 5.91 Å². The van der Waals surface area contributed by atoms with Crippen LogP contribution in [0.2, 0.25) is 0 Å². The topological polar surface area (TPSA) is 61.4 Å². The van der Waals surface area contributed by atoms with Crippen LogP contribution < -0.4 is 10.6 Å². The smallest absolute Gasteiger partial charge is 0.233 e. The molecule has 82 valence electrons. The minimum absolute atomic E-state index is 0.0268. The highest BCUT2D eigenvalue weighted by molar-refractivity contribution is 5.77. The predicted octanol–water partition coefficient (Wildman–Crippen LogP) is 0.0556. The Morgan fingerprint density at radius 3 is 2.60 bits per heavy atom. The number of amides is 1. The number of likely N-dealkylation sites (N-methyl/N-ethyl adjacent to an activating group) is 1. The van der Waals surface area contributed by atoms with E-state index in [-0.39, 0.29) is 25.1 Å². The van der Waals surface area contributed by atoms with Crippen molar-refractivity contribution in [3.8, 4) is 0 Å². The Balaban J connectivity index is 2.53. The third-order valence-corrected chi connectivity index (χ3v) is 2.17. The Kier molecular flexibility index (Phi) is 4.80. The van der Waals surface area contributed by atoms with Crippen molar-refractivity contribution in [3.63, 3.8) is 0 Å². The lowest BCUT2D eigenvalue weighted by Crippen LogP contribution is -2.35. The number of rotatable bonds is 5. The molecule has 15 heavy (non-hydrogen) atoms. The molecule has 0 aliphatic carbocycles. The summed E-state index contributed by atoms with van der Waals surface area (Å²) in [6.07, 6.45) is 0. The maximum absolute atomic E-state index is 11.0. The van der Waals surface area contributed by atoms with Crippen LogP contribution in [0.3, 0.4) is 0 Å². The van der Waals surface area contributed by atoms with E-state index in [0.29, 0.717) is 0 Å². The molecule has 0 saturated heterocycles. The molecule has 0 fully saturated rings. The van der Waals surface area contributed by atoms with Crippen LogP contribution >= 0.6 is 0 Å². The highest BCUT2D eigenvalue weighted by atomic mass is 16.3. The minimum atomic E-state index is -0.191. The third-order valence-electron chi connectivity index (χ3n) is 2.17. The van der Waals surface area contributed by atoms with Crippen molar-refractivity contribution in [1.82, 2.24) is 10.6 Å². The molecule has 1 atom stereocenters. The molecule has 0 saturated carbocycles. The fourth-order valence-corrected chi connectivity index (χ4v) is 1.28. The van der Waals surface area contributed by atoms with Gasteiger partial charge in [0.2, 0.25) is 5.91 Å². The van der Waals surface area contributed by atoms with Crippen molar-refractivity contribution in [2.24, 2.45) is 0 Å². The second-order valence-corrected chi connectivity index (χ2v) is 3.20. The first-order chi connectivity index (χ1) is 7.27. The van der Waals surface area contributed by atoms with Gasteiger partial charge in [-0.3, -0.25) is 10.1 Å². The van der Waals surface area contributed by atoms with Crippen molar-refractivity contribution in [1.29, 1.82) is 0 Å². The number of hydrogen-bond donors (Lipinski definition) is 3. The van der Waals surface area contributed by atoms with Crippen molar-refractivity contribution in [3.05, 3.63) is 35.9 Å². The van der Waals surface area contributed by atoms with Crippen LogP contribution in [0.4, 0.5) is 0 Å². The van der Waals surface area contributed by atoms with Crippen molar-refractivity contribution < 1.29 is 9.90 Å². The van der Waals surface area contributed by atoms with E-state index in [1.807, 2.05) is 30.3 Å². The van der Waals surface area contributed by atoms with E-state index < -0.39 is 0 Å². The van der Waals surface area contributed by atoms with E-state index in [9.17, 15) is 9.90 Å². The molecule has 4 heteroatoms. The first kappa shape index (κ1) is 11.7. The van der Waals surface area contributed by atoms with Crippen LogP contribution in [0, 0.1) is 0 Å². The maximum atomic E-state index is 11.0. The summed E-state index contributed by atoms with van der Waals surface area (Å²) in [5.74, 6) is -0.0932. The first-order valence-electron chi connectivity index (χ1n) is 4.87. The van der Waals surface area contributed by atoms with E-state index in [0.717, 1.165) is 5.56 Å². The molecule has 0 radical (unpaired) electrons. The van der Waals surface area contributed by atoms with E-state index in [4.69, 9.17) is 0 Å². The SMILES string of the molecule is CNC(=O)CNC(CO)c1ccccc1. The normalized spacial score (nSPS) is 12.1. The van der Waals surface area contributed by atoms with Gasteiger partial charge in [-0.05, 0) is 5.56 Å². The summed E-state index contributed by atoms with van der Waals surface area (Å²) in [7, 11) is 1.58. The molecule has 0 heterocycles. The van der Waals surface area contributed by atoms with E-state index in [2.05, 4.69) is 10.6 Å². The summed E-state index contributed by atoms with van der Waals surface area (Å²) < 4.78 is 0. The molecular formula is C11H16N2O2. The highest BCUT2D eigenvalue weighted by Crippen LogP contribution is 2.10. The second-order valence-electron chi connectivity index (χ2n) is 3.20. The van der Waals surface area contributed by atoms with Gasteiger partial charge in [-0.2, -0.15) is 0 Å². The monoisotopic (exact) mass is 208 g/mol. The van der Waals surface area contributed by atoms with E-state index in [1.54, 1.807) is 7.05 Å². The Bertz CT molecular complexity index is 301. The van der Waals surface area contributed by atoms with Crippen LogP contribution in [0.5, 0.6) is 0 Å². The molecule has 0 aliphatic rings. The average Bonchev–Trinajstić information content (AvgIpc) is 2.31. The molecule has 1 amide bonds. The fourth-order valence-electron chi connectivity index (χ4n) is 1.28. The molecule has 0 spiro atoms.